The van der Waals surface area contributed by atoms with E-state index in [0.717, 1.165) is 18.5 Å². The first-order chi connectivity index (χ1) is 8.65. The summed E-state index contributed by atoms with van der Waals surface area (Å²) in [4.78, 5) is 24.2. The number of nitrogens with zero attached hydrogens (tertiary/aromatic N) is 1. The van der Waals surface area contributed by atoms with E-state index in [-0.39, 0.29) is 18.9 Å². The molecule has 0 unspecified atom stereocenters. The number of carbonyl (C=O) groups excluding carboxylic acids is 1. The number of aliphatic carboxylic acids is 1. The molecule has 1 N–H and O–H groups in total. The summed E-state index contributed by atoms with van der Waals surface area (Å²) in [5, 5.41) is 8.73. The minimum atomic E-state index is -0.890. The van der Waals surface area contributed by atoms with Gasteiger partial charge in [-0.15, -0.1) is 0 Å². The Labute approximate surface area is 107 Å². The van der Waals surface area contributed by atoms with Gasteiger partial charge in [0.05, 0.1) is 6.42 Å². The lowest BCUT2D eigenvalue weighted by molar-refractivity contribution is -0.136. The summed E-state index contributed by atoms with van der Waals surface area (Å²) in [6.07, 6.45) is 2.21. The van der Waals surface area contributed by atoms with Gasteiger partial charge in [0, 0.05) is 18.7 Å². The normalized spacial score (nSPS) is 10.1. The van der Waals surface area contributed by atoms with Gasteiger partial charge in [-0.1, -0.05) is 31.5 Å². The predicted octanol–water partition coefficient (Wildman–Crippen LogP) is 2.68. The molecule has 0 saturated heterocycles. The second-order valence-electron chi connectivity index (χ2n) is 4.13. The Morgan fingerprint density at radius 2 is 1.83 bits per heavy atom. The predicted molar refractivity (Wildman–Crippen MR) is 70.6 cm³/mol. The summed E-state index contributed by atoms with van der Waals surface area (Å²) in [6.45, 7) is 2.25. The van der Waals surface area contributed by atoms with Gasteiger partial charge < -0.3 is 10.0 Å². The van der Waals surface area contributed by atoms with Gasteiger partial charge in [0.1, 0.15) is 0 Å². The average Bonchev–Trinajstić information content (AvgIpc) is 2.37. The van der Waals surface area contributed by atoms with Crippen molar-refractivity contribution in [2.75, 3.05) is 11.4 Å². The minimum Gasteiger partial charge on any atom is -0.481 e. The van der Waals surface area contributed by atoms with E-state index in [4.69, 9.17) is 5.11 Å². The monoisotopic (exact) mass is 249 g/mol. The van der Waals surface area contributed by atoms with Crippen LogP contribution in [0.2, 0.25) is 0 Å². The lowest BCUT2D eigenvalue weighted by atomic mass is 10.2. The molecule has 18 heavy (non-hydrogen) atoms. The summed E-state index contributed by atoms with van der Waals surface area (Å²) < 4.78 is 0. The van der Waals surface area contributed by atoms with Gasteiger partial charge in [0.25, 0.3) is 0 Å². The SMILES string of the molecule is CCCCC(=O)N(CCC(=O)O)c1ccccc1. The molecule has 0 atom stereocenters. The van der Waals surface area contributed by atoms with E-state index in [1.165, 1.54) is 0 Å². The molecule has 1 aromatic rings. The molecule has 0 heterocycles. The number of rotatable bonds is 7. The van der Waals surface area contributed by atoms with Crippen molar-refractivity contribution < 1.29 is 14.7 Å². The van der Waals surface area contributed by atoms with Crippen LogP contribution in [-0.2, 0) is 9.59 Å². The summed E-state index contributed by atoms with van der Waals surface area (Å²) >= 11 is 0. The van der Waals surface area contributed by atoms with Crippen LogP contribution in [0.3, 0.4) is 0 Å². The largest absolute Gasteiger partial charge is 0.481 e. The topological polar surface area (TPSA) is 57.6 Å². The molecule has 0 fully saturated rings. The van der Waals surface area contributed by atoms with Crippen molar-refractivity contribution in [3.8, 4) is 0 Å². The number of hydrogen-bond acceptors (Lipinski definition) is 2. The Hall–Kier alpha value is -1.84. The third-order valence-electron chi connectivity index (χ3n) is 2.66. The van der Waals surface area contributed by atoms with Crippen molar-refractivity contribution in [1.82, 2.24) is 0 Å². The van der Waals surface area contributed by atoms with E-state index >= 15 is 0 Å². The number of carboxylic acid groups (broad SMARTS) is 1. The van der Waals surface area contributed by atoms with Gasteiger partial charge in [-0.25, -0.2) is 0 Å². The molecule has 0 aromatic heterocycles. The first-order valence-corrected chi connectivity index (χ1v) is 6.22. The van der Waals surface area contributed by atoms with Crippen molar-refractivity contribution >= 4 is 17.6 Å². The van der Waals surface area contributed by atoms with Crippen molar-refractivity contribution in [3.05, 3.63) is 30.3 Å². The fraction of sp³-hybridized carbons (Fsp3) is 0.429. The Morgan fingerprint density at radius 3 is 2.39 bits per heavy atom. The third kappa shape index (κ3) is 4.57. The number of anilines is 1. The highest BCUT2D eigenvalue weighted by Gasteiger charge is 2.15. The van der Waals surface area contributed by atoms with E-state index in [1.54, 1.807) is 4.90 Å². The van der Waals surface area contributed by atoms with Crippen LogP contribution >= 0.6 is 0 Å². The fourth-order valence-corrected chi connectivity index (χ4v) is 1.68. The second kappa shape index (κ2) is 7.48. The van der Waals surface area contributed by atoms with Gasteiger partial charge in [-0.3, -0.25) is 9.59 Å². The Morgan fingerprint density at radius 1 is 1.17 bits per heavy atom. The zero-order valence-corrected chi connectivity index (χ0v) is 10.6. The minimum absolute atomic E-state index is 0.00991. The lowest BCUT2D eigenvalue weighted by Gasteiger charge is -2.22. The molecule has 1 amide bonds. The van der Waals surface area contributed by atoms with Gasteiger partial charge >= 0.3 is 5.97 Å². The van der Waals surface area contributed by atoms with Gasteiger partial charge in [0.2, 0.25) is 5.91 Å². The fourth-order valence-electron chi connectivity index (χ4n) is 1.68. The van der Waals surface area contributed by atoms with Crippen molar-refractivity contribution in [2.45, 2.75) is 32.6 Å². The molecule has 0 aliphatic heterocycles. The zero-order valence-electron chi connectivity index (χ0n) is 10.6. The standard InChI is InChI=1S/C14H19NO3/c1-2-3-9-13(16)15(11-10-14(17)18)12-7-5-4-6-8-12/h4-8H,2-3,9-11H2,1H3,(H,17,18). The number of carboxylic acids is 1. The summed E-state index contributed by atoms with van der Waals surface area (Å²) in [5.74, 6) is -0.900. The van der Waals surface area contributed by atoms with Crippen LogP contribution in [0.15, 0.2) is 30.3 Å². The molecule has 1 rings (SSSR count). The molecule has 0 spiro atoms. The van der Waals surface area contributed by atoms with Crippen LogP contribution in [0.4, 0.5) is 5.69 Å². The number of benzene rings is 1. The summed E-state index contributed by atoms with van der Waals surface area (Å²) in [7, 11) is 0. The van der Waals surface area contributed by atoms with Crippen molar-refractivity contribution in [3.63, 3.8) is 0 Å². The lowest BCUT2D eigenvalue weighted by Crippen LogP contribution is -2.32. The highest BCUT2D eigenvalue weighted by atomic mass is 16.4. The Balaban J connectivity index is 2.74. The van der Waals surface area contributed by atoms with E-state index in [1.807, 2.05) is 37.3 Å². The molecule has 4 nitrogen and oxygen atoms in total. The molecule has 4 heteroatoms. The van der Waals surface area contributed by atoms with E-state index in [9.17, 15) is 9.59 Å². The Bertz CT molecular complexity index is 389. The maximum absolute atomic E-state index is 12.0. The highest BCUT2D eigenvalue weighted by Crippen LogP contribution is 2.15. The van der Waals surface area contributed by atoms with E-state index in [0.29, 0.717) is 6.42 Å². The molecule has 0 saturated carbocycles. The quantitative estimate of drug-likeness (QED) is 0.808. The molecular formula is C14H19NO3. The number of unbranched alkanes of at least 4 members (excludes halogenated alkanes) is 1. The number of amides is 1. The van der Waals surface area contributed by atoms with Gasteiger partial charge in [-0.05, 0) is 18.6 Å². The number of hydrogen-bond donors (Lipinski definition) is 1. The van der Waals surface area contributed by atoms with Crippen LogP contribution in [-0.4, -0.2) is 23.5 Å². The van der Waals surface area contributed by atoms with E-state index in [2.05, 4.69) is 0 Å². The third-order valence-corrected chi connectivity index (χ3v) is 2.66. The Kier molecular flexibility index (Phi) is 5.91. The molecule has 0 aliphatic carbocycles. The second-order valence-corrected chi connectivity index (χ2v) is 4.13. The van der Waals surface area contributed by atoms with Crippen LogP contribution in [0.25, 0.3) is 0 Å². The van der Waals surface area contributed by atoms with E-state index < -0.39 is 5.97 Å². The zero-order chi connectivity index (χ0) is 13.4. The van der Waals surface area contributed by atoms with Gasteiger partial charge in [-0.2, -0.15) is 0 Å². The van der Waals surface area contributed by atoms with Crippen molar-refractivity contribution in [1.29, 1.82) is 0 Å². The first-order valence-electron chi connectivity index (χ1n) is 6.22. The molecule has 0 bridgehead atoms. The maximum atomic E-state index is 12.0. The van der Waals surface area contributed by atoms with Crippen LogP contribution < -0.4 is 4.90 Å². The molecular weight excluding hydrogens is 230 g/mol. The van der Waals surface area contributed by atoms with Gasteiger partial charge in [0.15, 0.2) is 0 Å². The summed E-state index contributed by atoms with van der Waals surface area (Å²) in [5.41, 5.74) is 0.764. The van der Waals surface area contributed by atoms with Crippen LogP contribution in [0, 0.1) is 0 Å². The summed E-state index contributed by atoms with van der Waals surface area (Å²) in [6, 6.07) is 9.21. The maximum Gasteiger partial charge on any atom is 0.305 e. The first kappa shape index (κ1) is 14.2. The molecule has 0 radical (unpaired) electrons. The van der Waals surface area contributed by atoms with Crippen LogP contribution in [0.1, 0.15) is 32.6 Å². The smallest absolute Gasteiger partial charge is 0.305 e. The molecule has 98 valence electrons. The van der Waals surface area contributed by atoms with Crippen LogP contribution in [0.5, 0.6) is 0 Å². The number of carbonyl (C=O) groups is 2. The molecule has 1 aromatic carbocycles. The number of para-hydroxylation sites is 1. The van der Waals surface area contributed by atoms with Crippen molar-refractivity contribution in [2.24, 2.45) is 0 Å². The highest BCUT2D eigenvalue weighted by molar-refractivity contribution is 5.93. The average molecular weight is 249 g/mol. The molecule has 0 aliphatic rings.